The normalized spacial score (nSPS) is 10.0. The third-order valence-corrected chi connectivity index (χ3v) is 2.94. The number of hydrogen-bond acceptors (Lipinski definition) is 5. The van der Waals surface area contributed by atoms with Crippen molar-refractivity contribution in [3.05, 3.63) is 47.8 Å². The Morgan fingerprint density at radius 2 is 2.00 bits per heavy atom. The van der Waals surface area contributed by atoms with Crippen molar-refractivity contribution in [3.8, 4) is 11.5 Å². The number of aromatic carboxylic acids is 1. The van der Waals surface area contributed by atoms with Crippen LogP contribution in [0.3, 0.4) is 0 Å². The second-order valence-corrected chi connectivity index (χ2v) is 4.25. The van der Waals surface area contributed by atoms with E-state index in [2.05, 4.69) is 10.3 Å². The molecule has 0 radical (unpaired) electrons. The van der Waals surface area contributed by atoms with Gasteiger partial charge in [-0.25, -0.2) is 9.78 Å². The van der Waals surface area contributed by atoms with Gasteiger partial charge in [-0.05, 0) is 29.8 Å². The van der Waals surface area contributed by atoms with Gasteiger partial charge in [0.2, 0.25) is 0 Å². The van der Waals surface area contributed by atoms with Gasteiger partial charge < -0.3 is 19.9 Å². The number of rotatable bonds is 6. The molecule has 6 nitrogen and oxygen atoms in total. The van der Waals surface area contributed by atoms with Crippen molar-refractivity contribution >= 4 is 11.7 Å². The standard InChI is InChI=1S/C15H16N2O4/c1-20-12-6-5-10(8-13(12)21-2)9-17-11-4-3-7-16-14(11)15(18)19/h3-8,17H,9H2,1-2H3,(H,18,19). The van der Waals surface area contributed by atoms with Crippen molar-refractivity contribution in [3.63, 3.8) is 0 Å². The Kier molecular flexibility index (Phi) is 4.61. The zero-order valence-corrected chi connectivity index (χ0v) is 11.8. The van der Waals surface area contributed by atoms with E-state index in [0.717, 1.165) is 5.56 Å². The van der Waals surface area contributed by atoms with Gasteiger partial charge in [0.25, 0.3) is 0 Å². The maximum atomic E-state index is 11.1. The fraction of sp³-hybridized carbons (Fsp3) is 0.200. The first-order valence-corrected chi connectivity index (χ1v) is 6.28. The average Bonchev–Trinajstić information content (AvgIpc) is 2.52. The lowest BCUT2D eigenvalue weighted by Crippen LogP contribution is -2.08. The van der Waals surface area contributed by atoms with Crippen LogP contribution in [0.15, 0.2) is 36.5 Å². The number of aromatic nitrogens is 1. The van der Waals surface area contributed by atoms with Gasteiger partial charge in [-0.2, -0.15) is 0 Å². The molecule has 2 aromatic rings. The number of carbonyl (C=O) groups is 1. The zero-order valence-electron chi connectivity index (χ0n) is 11.8. The number of anilines is 1. The van der Waals surface area contributed by atoms with Gasteiger partial charge in [-0.3, -0.25) is 0 Å². The largest absolute Gasteiger partial charge is 0.493 e. The van der Waals surface area contributed by atoms with E-state index >= 15 is 0 Å². The van der Waals surface area contributed by atoms with Crippen LogP contribution in [0.5, 0.6) is 11.5 Å². The lowest BCUT2D eigenvalue weighted by Gasteiger charge is -2.11. The van der Waals surface area contributed by atoms with Crippen LogP contribution in [-0.4, -0.2) is 30.3 Å². The predicted octanol–water partition coefficient (Wildman–Crippen LogP) is 2.41. The van der Waals surface area contributed by atoms with Gasteiger partial charge in [-0.15, -0.1) is 0 Å². The van der Waals surface area contributed by atoms with E-state index in [1.807, 2.05) is 12.1 Å². The van der Waals surface area contributed by atoms with Crippen LogP contribution in [0.2, 0.25) is 0 Å². The van der Waals surface area contributed by atoms with Crippen LogP contribution in [-0.2, 0) is 6.54 Å². The minimum atomic E-state index is -1.06. The van der Waals surface area contributed by atoms with E-state index < -0.39 is 5.97 Å². The Balaban J connectivity index is 2.15. The molecule has 21 heavy (non-hydrogen) atoms. The first kappa shape index (κ1) is 14.6. The molecule has 0 saturated heterocycles. The number of carboxylic acid groups (broad SMARTS) is 1. The highest BCUT2D eigenvalue weighted by Gasteiger charge is 2.11. The Bertz CT molecular complexity index is 643. The van der Waals surface area contributed by atoms with Gasteiger partial charge in [0, 0.05) is 12.7 Å². The third kappa shape index (κ3) is 3.42. The summed E-state index contributed by atoms with van der Waals surface area (Å²) in [4.78, 5) is 14.9. The molecule has 6 heteroatoms. The summed E-state index contributed by atoms with van der Waals surface area (Å²) in [7, 11) is 3.14. The summed E-state index contributed by atoms with van der Waals surface area (Å²) in [5.41, 5.74) is 1.41. The zero-order chi connectivity index (χ0) is 15.2. The van der Waals surface area contributed by atoms with Crippen LogP contribution >= 0.6 is 0 Å². The second-order valence-electron chi connectivity index (χ2n) is 4.25. The predicted molar refractivity (Wildman–Crippen MR) is 78.1 cm³/mol. The highest BCUT2D eigenvalue weighted by Crippen LogP contribution is 2.27. The van der Waals surface area contributed by atoms with Crippen molar-refractivity contribution in [2.75, 3.05) is 19.5 Å². The summed E-state index contributed by atoms with van der Waals surface area (Å²) in [6.45, 7) is 0.451. The Morgan fingerprint density at radius 1 is 1.24 bits per heavy atom. The third-order valence-electron chi connectivity index (χ3n) is 2.94. The van der Waals surface area contributed by atoms with Gasteiger partial charge in [0.1, 0.15) is 0 Å². The quantitative estimate of drug-likeness (QED) is 0.849. The fourth-order valence-corrected chi connectivity index (χ4v) is 1.91. The SMILES string of the molecule is COc1ccc(CNc2cccnc2C(=O)O)cc1OC. The Labute approximate surface area is 122 Å². The molecular formula is C15H16N2O4. The molecule has 2 N–H and O–H groups in total. The van der Waals surface area contributed by atoms with Crippen LogP contribution in [0.1, 0.15) is 16.1 Å². The maximum Gasteiger partial charge on any atom is 0.356 e. The van der Waals surface area contributed by atoms with Gasteiger partial charge in [0.05, 0.1) is 19.9 Å². The van der Waals surface area contributed by atoms with Crippen molar-refractivity contribution in [1.29, 1.82) is 0 Å². The first-order valence-electron chi connectivity index (χ1n) is 6.28. The van der Waals surface area contributed by atoms with Crippen LogP contribution < -0.4 is 14.8 Å². The molecule has 0 atom stereocenters. The number of carboxylic acids is 1. The molecule has 2 rings (SSSR count). The summed E-state index contributed by atoms with van der Waals surface area (Å²) >= 11 is 0. The summed E-state index contributed by atoms with van der Waals surface area (Å²) in [6.07, 6.45) is 1.45. The summed E-state index contributed by atoms with van der Waals surface area (Å²) < 4.78 is 10.4. The molecule has 0 spiro atoms. The first-order chi connectivity index (χ1) is 10.2. The molecule has 0 aliphatic carbocycles. The molecule has 1 aromatic heterocycles. The molecule has 0 saturated carbocycles. The number of hydrogen-bond donors (Lipinski definition) is 2. The molecular weight excluding hydrogens is 272 g/mol. The Morgan fingerprint density at radius 3 is 2.67 bits per heavy atom. The van der Waals surface area contributed by atoms with Crippen LogP contribution in [0, 0.1) is 0 Å². The number of ether oxygens (including phenoxy) is 2. The highest BCUT2D eigenvalue weighted by molar-refractivity contribution is 5.91. The van der Waals surface area contributed by atoms with Crippen molar-refractivity contribution in [2.24, 2.45) is 0 Å². The summed E-state index contributed by atoms with van der Waals surface area (Å²) in [6, 6.07) is 8.88. The number of nitrogens with zero attached hydrogens (tertiary/aromatic N) is 1. The van der Waals surface area contributed by atoms with Crippen LogP contribution in [0.4, 0.5) is 5.69 Å². The average molecular weight is 288 g/mol. The van der Waals surface area contributed by atoms with E-state index in [1.165, 1.54) is 6.20 Å². The topological polar surface area (TPSA) is 80.7 Å². The number of nitrogens with one attached hydrogen (secondary N) is 1. The van der Waals surface area contributed by atoms with E-state index in [-0.39, 0.29) is 5.69 Å². The van der Waals surface area contributed by atoms with Crippen molar-refractivity contribution in [2.45, 2.75) is 6.54 Å². The number of benzene rings is 1. The molecule has 0 aliphatic rings. The molecule has 0 amide bonds. The second kappa shape index (κ2) is 6.60. The molecule has 0 bridgehead atoms. The van der Waals surface area contributed by atoms with E-state index in [1.54, 1.807) is 32.4 Å². The van der Waals surface area contributed by atoms with E-state index in [4.69, 9.17) is 14.6 Å². The monoisotopic (exact) mass is 288 g/mol. The smallest absolute Gasteiger partial charge is 0.356 e. The molecule has 1 aromatic carbocycles. The lowest BCUT2D eigenvalue weighted by atomic mass is 10.2. The Hall–Kier alpha value is -2.76. The fourth-order valence-electron chi connectivity index (χ4n) is 1.91. The minimum absolute atomic E-state index is 0.00187. The molecule has 0 aliphatic heterocycles. The molecule has 0 unspecified atom stereocenters. The van der Waals surface area contributed by atoms with Gasteiger partial charge in [-0.1, -0.05) is 6.07 Å². The minimum Gasteiger partial charge on any atom is -0.493 e. The van der Waals surface area contributed by atoms with E-state index in [0.29, 0.717) is 23.7 Å². The van der Waals surface area contributed by atoms with Crippen molar-refractivity contribution < 1.29 is 19.4 Å². The van der Waals surface area contributed by atoms with E-state index in [9.17, 15) is 4.79 Å². The summed E-state index contributed by atoms with van der Waals surface area (Å²) in [5, 5.41) is 12.1. The molecule has 1 heterocycles. The maximum absolute atomic E-state index is 11.1. The summed E-state index contributed by atoms with van der Waals surface area (Å²) in [5.74, 6) is 0.209. The number of methoxy groups -OCH3 is 2. The highest BCUT2D eigenvalue weighted by atomic mass is 16.5. The van der Waals surface area contributed by atoms with Crippen molar-refractivity contribution in [1.82, 2.24) is 4.98 Å². The van der Waals surface area contributed by atoms with Gasteiger partial charge >= 0.3 is 5.97 Å². The van der Waals surface area contributed by atoms with Gasteiger partial charge in [0.15, 0.2) is 17.2 Å². The molecule has 0 fully saturated rings. The lowest BCUT2D eigenvalue weighted by molar-refractivity contribution is 0.0691. The molecule has 110 valence electrons. The number of pyridine rings is 1. The van der Waals surface area contributed by atoms with Crippen LogP contribution in [0.25, 0.3) is 0 Å².